The number of aromatic nitrogens is 1. The van der Waals surface area contributed by atoms with Gasteiger partial charge in [0.05, 0.1) is 17.2 Å². The molecule has 0 saturated heterocycles. The van der Waals surface area contributed by atoms with Gasteiger partial charge in [-0.2, -0.15) is 18.4 Å². The first-order valence-corrected chi connectivity index (χ1v) is 9.22. The van der Waals surface area contributed by atoms with Crippen LogP contribution in [-0.2, 0) is 6.18 Å². The van der Waals surface area contributed by atoms with Crippen molar-refractivity contribution in [2.45, 2.75) is 50.7 Å². The molecule has 1 aliphatic rings. The summed E-state index contributed by atoms with van der Waals surface area (Å²) in [6.07, 6.45) is 3.03. The number of pyridine rings is 1. The monoisotopic (exact) mass is 373 g/mol. The number of halogens is 3. The van der Waals surface area contributed by atoms with Gasteiger partial charge in [-0.25, -0.2) is 0 Å². The number of benzene rings is 1. The molecule has 142 valence electrons. The number of hydrogen-bond acceptors (Lipinski definition) is 3. The second-order valence-corrected chi connectivity index (χ2v) is 6.93. The van der Waals surface area contributed by atoms with Crippen LogP contribution in [0.2, 0.25) is 0 Å². The first kappa shape index (κ1) is 19.2. The molecule has 2 aromatic rings. The molecule has 1 fully saturated rings. The highest BCUT2D eigenvalue weighted by molar-refractivity contribution is 5.55. The molecular weight excluding hydrogens is 351 g/mol. The Kier molecular flexibility index (Phi) is 5.69. The second kappa shape index (κ2) is 7.99. The maximum absolute atomic E-state index is 13.3. The first-order chi connectivity index (χ1) is 12.9. The van der Waals surface area contributed by atoms with E-state index in [9.17, 15) is 13.2 Å². The number of rotatable bonds is 4. The van der Waals surface area contributed by atoms with Crippen LogP contribution in [0, 0.1) is 11.3 Å². The highest BCUT2D eigenvalue weighted by atomic mass is 19.4. The summed E-state index contributed by atoms with van der Waals surface area (Å²) in [7, 11) is 0. The topological polar surface area (TPSA) is 39.9 Å². The predicted octanol–water partition coefficient (Wildman–Crippen LogP) is 5.52. The SMILES string of the molecule is CCN(c1ccc(C#N)c(C(F)(F)F)c1)C1CCCC(c2cccnc2)C1. The van der Waals surface area contributed by atoms with Gasteiger partial charge in [0, 0.05) is 30.7 Å². The van der Waals surface area contributed by atoms with Crippen LogP contribution in [0.15, 0.2) is 42.7 Å². The van der Waals surface area contributed by atoms with E-state index in [4.69, 9.17) is 5.26 Å². The summed E-state index contributed by atoms with van der Waals surface area (Å²) in [4.78, 5) is 6.24. The molecule has 2 unspecified atom stereocenters. The highest BCUT2D eigenvalue weighted by Crippen LogP contribution is 2.38. The maximum Gasteiger partial charge on any atom is 0.417 e. The summed E-state index contributed by atoms with van der Waals surface area (Å²) in [6.45, 7) is 2.58. The van der Waals surface area contributed by atoms with Gasteiger partial charge in [0.25, 0.3) is 0 Å². The summed E-state index contributed by atoms with van der Waals surface area (Å²) in [5, 5.41) is 9.01. The Morgan fingerprint density at radius 1 is 1.26 bits per heavy atom. The summed E-state index contributed by atoms with van der Waals surface area (Å²) in [6, 6.07) is 9.84. The molecule has 1 saturated carbocycles. The summed E-state index contributed by atoms with van der Waals surface area (Å²) < 4.78 is 40.0. The van der Waals surface area contributed by atoms with Gasteiger partial charge in [0.15, 0.2) is 0 Å². The molecular formula is C21H22F3N3. The molecule has 1 aliphatic carbocycles. The van der Waals surface area contributed by atoms with Gasteiger partial charge in [-0.1, -0.05) is 12.5 Å². The second-order valence-electron chi connectivity index (χ2n) is 6.93. The number of alkyl halides is 3. The minimum absolute atomic E-state index is 0.169. The molecule has 1 aromatic heterocycles. The van der Waals surface area contributed by atoms with E-state index in [1.54, 1.807) is 18.3 Å². The Bertz CT molecular complexity index is 812. The van der Waals surface area contributed by atoms with Crippen LogP contribution in [-0.4, -0.2) is 17.6 Å². The zero-order valence-electron chi connectivity index (χ0n) is 15.2. The van der Waals surface area contributed by atoms with Crippen molar-refractivity contribution in [1.82, 2.24) is 4.98 Å². The summed E-state index contributed by atoms with van der Waals surface area (Å²) >= 11 is 0. The number of anilines is 1. The lowest BCUT2D eigenvalue weighted by Crippen LogP contribution is -2.38. The molecule has 0 bridgehead atoms. The van der Waals surface area contributed by atoms with E-state index in [0.29, 0.717) is 18.2 Å². The summed E-state index contributed by atoms with van der Waals surface area (Å²) in [5.41, 5.74) is 0.523. The van der Waals surface area contributed by atoms with E-state index in [1.165, 1.54) is 11.6 Å². The van der Waals surface area contributed by atoms with Crippen molar-refractivity contribution in [2.24, 2.45) is 0 Å². The van der Waals surface area contributed by atoms with E-state index in [2.05, 4.69) is 11.1 Å². The highest BCUT2D eigenvalue weighted by Gasteiger charge is 2.35. The molecule has 1 aromatic carbocycles. The van der Waals surface area contributed by atoms with Crippen LogP contribution in [0.4, 0.5) is 18.9 Å². The Hall–Kier alpha value is -2.55. The number of nitrogens with zero attached hydrogens (tertiary/aromatic N) is 3. The van der Waals surface area contributed by atoms with Crippen molar-refractivity contribution < 1.29 is 13.2 Å². The fourth-order valence-electron chi connectivity index (χ4n) is 4.06. The molecule has 3 nitrogen and oxygen atoms in total. The van der Waals surface area contributed by atoms with Crippen molar-refractivity contribution in [2.75, 3.05) is 11.4 Å². The van der Waals surface area contributed by atoms with E-state index in [1.807, 2.05) is 24.1 Å². The van der Waals surface area contributed by atoms with Gasteiger partial charge in [-0.05, 0) is 61.9 Å². The normalized spacial score (nSPS) is 20.1. The van der Waals surface area contributed by atoms with Crippen molar-refractivity contribution in [3.63, 3.8) is 0 Å². The first-order valence-electron chi connectivity index (χ1n) is 9.22. The summed E-state index contributed by atoms with van der Waals surface area (Å²) in [5.74, 6) is 0.368. The molecule has 0 amide bonds. The van der Waals surface area contributed by atoms with Crippen molar-refractivity contribution in [3.8, 4) is 6.07 Å². The number of nitriles is 1. The van der Waals surface area contributed by atoms with Crippen LogP contribution in [0.25, 0.3) is 0 Å². The molecule has 0 N–H and O–H groups in total. The van der Waals surface area contributed by atoms with E-state index < -0.39 is 11.7 Å². The third-order valence-electron chi connectivity index (χ3n) is 5.34. The number of hydrogen-bond donors (Lipinski definition) is 0. The molecule has 2 atom stereocenters. The van der Waals surface area contributed by atoms with E-state index in [-0.39, 0.29) is 11.6 Å². The van der Waals surface area contributed by atoms with Crippen molar-refractivity contribution in [3.05, 3.63) is 59.4 Å². The van der Waals surface area contributed by atoms with Crippen LogP contribution < -0.4 is 4.90 Å². The zero-order valence-corrected chi connectivity index (χ0v) is 15.2. The van der Waals surface area contributed by atoms with Crippen LogP contribution in [0.3, 0.4) is 0 Å². The maximum atomic E-state index is 13.3. The predicted molar refractivity (Wildman–Crippen MR) is 98.4 cm³/mol. The average Bonchev–Trinajstić information content (AvgIpc) is 2.69. The lowest BCUT2D eigenvalue weighted by Gasteiger charge is -2.39. The average molecular weight is 373 g/mol. The molecule has 1 heterocycles. The Morgan fingerprint density at radius 2 is 2.07 bits per heavy atom. The van der Waals surface area contributed by atoms with Crippen molar-refractivity contribution >= 4 is 5.69 Å². The van der Waals surface area contributed by atoms with Gasteiger partial charge in [0.2, 0.25) is 0 Å². The third kappa shape index (κ3) is 4.24. The molecule has 3 rings (SSSR count). The smallest absolute Gasteiger partial charge is 0.369 e. The fraction of sp³-hybridized carbons (Fsp3) is 0.429. The van der Waals surface area contributed by atoms with E-state index in [0.717, 1.165) is 31.7 Å². The Labute approximate surface area is 157 Å². The molecule has 0 spiro atoms. The largest absolute Gasteiger partial charge is 0.417 e. The minimum atomic E-state index is -4.54. The third-order valence-corrected chi connectivity index (χ3v) is 5.34. The van der Waals surface area contributed by atoms with Crippen LogP contribution in [0.1, 0.15) is 55.2 Å². The Morgan fingerprint density at radius 3 is 2.70 bits per heavy atom. The van der Waals surface area contributed by atoms with Gasteiger partial charge in [-0.15, -0.1) is 0 Å². The lowest BCUT2D eigenvalue weighted by atomic mass is 9.81. The zero-order chi connectivity index (χ0) is 19.4. The minimum Gasteiger partial charge on any atom is -0.369 e. The van der Waals surface area contributed by atoms with E-state index >= 15 is 0 Å². The molecule has 27 heavy (non-hydrogen) atoms. The molecule has 0 radical (unpaired) electrons. The molecule has 0 aliphatic heterocycles. The van der Waals surface area contributed by atoms with Crippen LogP contribution >= 0.6 is 0 Å². The van der Waals surface area contributed by atoms with Gasteiger partial charge in [0.1, 0.15) is 0 Å². The van der Waals surface area contributed by atoms with Crippen LogP contribution in [0.5, 0.6) is 0 Å². The quantitative estimate of drug-likeness (QED) is 0.708. The fourth-order valence-corrected chi connectivity index (χ4v) is 4.06. The lowest BCUT2D eigenvalue weighted by molar-refractivity contribution is -0.137. The Balaban J connectivity index is 1.87. The van der Waals surface area contributed by atoms with Gasteiger partial charge >= 0.3 is 6.18 Å². The molecule has 6 heteroatoms. The van der Waals surface area contributed by atoms with Crippen molar-refractivity contribution in [1.29, 1.82) is 5.26 Å². The van der Waals surface area contributed by atoms with Gasteiger partial charge < -0.3 is 4.90 Å². The van der Waals surface area contributed by atoms with Gasteiger partial charge in [-0.3, -0.25) is 4.98 Å². The standard InChI is InChI=1S/C21H22F3N3/c1-2-27(19-9-8-16(13-25)20(12-19)21(22,23)24)18-7-3-5-15(11-18)17-6-4-10-26-14-17/h4,6,8-10,12,14-15,18H,2-3,5,7,11H2,1H3.